The van der Waals surface area contributed by atoms with Gasteiger partial charge in [0.25, 0.3) is 11.8 Å². The number of urea groups is 1. The van der Waals surface area contributed by atoms with Crippen LogP contribution in [-0.2, 0) is 25.5 Å². The van der Waals surface area contributed by atoms with E-state index in [0.717, 1.165) is 16.9 Å². The first kappa shape index (κ1) is 22.2. The third kappa shape index (κ3) is 5.00. The number of nitrogens with one attached hydrogen (secondary N) is 1. The van der Waals surface area contributed by atoms with Gasteiger partial charge in [-0.15, -0.1) is 0 Å². The Labute approximate surface area is 186 Å². The molecule has 1 aliphatic heterocycles. The van der Waals surface area contributed by atoms with Crippen molar-refractivity contribution in [2.45, 2.75) is 13.3 Å². The molecule has 1 fully saturated rings. The third-order valence-electron chi connectivity index (χ3n) is 4.55. The summed E-state index contributed by atoms with van der Waals surface area (Å²) >= 11 is 3.33. The fraction of sp³-hybridized carbons (Fsp3) is 0.182. The molecule has 0 aliphatic carbocycles. The summed E-state index contributed by atoms with van der Waals surface area (Å²) in [6, 6.07) is 11.0. The molecule has 31 heavy (non-hydrogen) atoms. The molecule has 0 spiro atoms. The quantitative estimate of drug-likeness (QED) is 0.382. The molecule has 1 N–H and O–H groups in total. The summed E-state index contributed by atoms with van der Waals surface area (Å²) in [5, 5.41) is 2.18. The van der Waals surface area contributed by atoms with Crippen molar-refractivity contribution in [3.8, 4) is 5.75 Å². The predicted molar refractivity (Wildman–Crippen MR) is 116 cm³/mol. The van der Waals surface area contributed by atoms with Gasteiger partial charge >= 0.3 is 12.0 Å². The molecule has 0 unspecified atom stereocenters. The highest BCUT2D eigenvalue weighted by Crippen LogP contribution is 2.28. The van der Waals surface area contributed by atoms with Gasteiger partial charge in [0, 0.05) is 10.0 Å². The summed E-state index contributed by atoms with van der Waals surface area (Å²) in [7, 11) is 1.24. The summed E-state index contributed by atoms with van der Waals surface area (Å²) in [4.78, 5) is 50.2. The van der Waals surface area contributed by atoms with Gasteiger partial charge in [0.1, 0.15) is 11.3 Å². The first-order chi connectivity index (χ1) is 14.8. The molecule has 9 heteroatoms. The van der Waals surface area contributed by atoms with Crippen LogP contribution in [0.3, 0.4) is 0 Å². The lowest BCUT2D eigenvalue weighted by molar-refractivity contribution is -0.143. The lowest BCUT2D eigenvalue weighted by atomic mass is 10.1. The second kappa shape index (κ2) is 9.57. The van der Waals surface area contributed by atoms with Gasteiger partial charge in [0.2, 0.25) is 0 Å². The molecular formula is C22H19BrN2O6. The van der Waals surface area contributed by atoms with Crippen LogP contribution in [0.2, 0.25) is 0 Å². The van der Waals surface area contributed by atoms with E-state index in [9.17, 15) is 19.2 Å². The molecule has 0 radical (unpaired) electrons. The van der Waals surface area contributed by atoms with Crippen molar-refractivity contribution < 1.29 is 28.7 Å². The van der Waals surface area contributed by atoms with E-state index in [-0.39, 0.29) is 17.9 Å². The Bertz CT molecular complexity index is 1080. The second-order valence-electron chi connectivity index (χ2n) is 6.52. The molecule has 2 aromatic carbocycles. The van der Waals surface area contributed by atoms with Crippen molar-refractivity contribution in [3.63, 3.8) is 0 Å². The van der Waals surface area contributed by atoms with E-state index in [1.54, 1.807) is 30.3 Å². The normalized spacial score (nSPS) is 15.1. The highest BCUT2D eigenvalue weighted by atomic mass is 79.9. The largest absolute Gasteiger partial charge is 0.481 e. The van der Waals surface area contributed by atoms with Crippen LogP contribution in [0, 0.1) is 0 Å². The Kier molecular flexibility index (Phi) is 6.86. The third-order valence-corrected chi connectivity index (χ3v) is 5.04. The Hall–Kier alpha value is -3.46. The fourth-order valence-corrected chi connectivity index (χ4v) is 3.27. The number of amides is 4. The monoisotopic (exact) mass is 486 g/mol. The van der Waals surface area contributed by atoms with E-state index in [4.69, 9.17) is 4.74 Å². The molecular weight excluding hydrogens is 468 g/mol. The number of barbiturate groups is 1. The molecule has 0 bridgehead atoms. The van der Waals surface area contributed by atoms with Gasteiger partial charge in [0.05, 0.1) is 12.8 Å². The van der Waals surface area contributed by atoms with Gasteiger partial charge in [-0.1, -0.05) is 35.0 Å². The minimum absolute atomic E-state index is 0.250. The standard InChI is InChI=1S/C22H19BrN2O6/c1-3-13-4-7-16(8-5-13)25-21(28)17(20(27)24-22(25)29)11-14-10-15(23)6-9-18(14)31-12-19(26)30-2/h4-11H,3,12H2,1-2H3,(H,24,27,29). The molecule has 0 atom stereocenters. The Morgan fingerprint density at radius 2 is 1.84 bits per heavy atom. The average Bonchev–Trinajstić information content (AvgIpc) is 2.76. The number of methoxy groups -OCH3 is 1. The van der Waals surface area contributed by atoms with E-state index < -0.39 is 23.8 Å². The molecule has 2 aromatic rings. The van der Waals surface area contributed by atoms with E-state index in [1.165, 1.54) is 13.2 Å². The van der Waals surface area contributed by atoms with E-state index in [1.807, 2.05) is 19.1 Å². The summed E-state index contributed by atoms with van der Waals surface area (Å²) in [6.45, 7) is 1.65. The summed E-state index contributed by atoms with van der Waals surface area (Å²) in [6.07, 6.45) is 2.12. The number of anilines is 1. The first-order valence-corrected chi connectivity index (χ1v) is 10.1. The fourth-order valence-electron chi connectivity index (χ4n) is 2.89. The van der Waals surface area contributed by atoms with Crippen LogP contribution in [0.1, 0.15) is 18.1 Å². The summed E-state index contributed by atoms with van der Waals surface area (Å²) in [5.74, 6) is -1.91. The summed E-state index contributed by atoms with van der Waals surface area (Å²) in [5.41, 5.74) is 1.50. The number of ether oxygens (including phenoxy) is 2. The van der Waals surface area contributed by atoms with Crippen LogP contribution in [0.15, 0.2) is 52.5 Å². The number of halogens is 1. The molecule has 1 saturated heterocycles. The van der Waals surface area contributed by atoms with Gasteiger partial charge in [-0.05, 0) is 48.4 Å². The molecule has 1 heterocycles. The second-order valence-corrected chi connectivity index (χ2v) is 7.44. The molecule has 0 aromatic heterocycles. The molecule has 1 aliphatic rings. The first-order valence-electron chi connectivity index (χ1n) is 9.33. The number of benzene rings is 2. The zero-order valence-electron chi connectivity index (χ0n) is 16.8. The number of carbonyl (C=O) groups is 4. The number of imide groups is 2. The predicted octanol–water partition coefficient (Wildman–Crippen LogP) is 3.23. The van der Waals surface area contributed by atoms with Gasteiger partial charge in [-0.25, -0.2) is 14.5 Å². The molecule has 160 valence electrons. The molecule has 4 amide bonds. The van der Waals surface area contributed by atoms with Crippen LogP contribution in [0.4, 0.5) is 10.5 Å². The average molecular weight is 487 g/mol. The summed E-state index contributed by atoms with van der Waals surface area (Å²) < 4.78 is 10.7. The number of esters is 1. The number of hydrogen-bond acceptors (Lipinski definition) is 6. The Balaban J connectivity index is 1.98. The maximum absolute atomic E-state index is 13.1. The van der Waals surface area contributed by atoms with Crippen LogP contribution in [0.25, 0.3) is 6.08 Å². The number of aryl methyl sites for hydroxylation is 1. The maximum atomic E-state index is 13.1. The Morgan fingerprint density at radius 3 is 2.48 bits per heavy atom. The number of rotatable bonds is 6. The van der Waals surface area contributed by atoms with Crippen molar-refractivity contribution in [2.24, 2.45) is 0 Å². The lowest BCUT2D eigenvalue weighted by Gasteiger charge is -2.26. The maximum Gasteiger partial charge on any atom is 0.343 e. The van der Waals surface area contributed by atoms with E-state index in [2.05, 4.69) is 26.0 Å². The number of nitrogens with zero attached hydrogens (tertiary/aromatic N) is 1. The smallest absolute Gasteiger partial charge is 0.343 e. The molecule has 8 nitrogen and oxygen atoms in total. The van der Waals surface area contributed by atoms with Gasteiger partial charge in [-0.2, -0.15) is 0 Å². The molecule has 3 rings (SSSR count). The van der Waals surface area contributed by atoms with Gasteiger partial charge in [0.15, 0.2) is 6.61 Å². The topological polar surface area (TPSA) is 102 Å². The van der Waals surface area contributed by atoms with E-state index in [0.29, 0.717) is 15.7 Å². The van der Waals surface area contributed by atoms with Crippen LogP contribution < -0.4 is 15.0 Å². The van der Waals surface area contributed by atoms with Gasteiger partial charge in [-0.3, -0.25) is 14.9 Å². The van der Waals surface area contributed by atoms with Crippen LogP contribution in [-0.4, -0.2) is 37.5 Å². The van der Waals surface area contributed by atoms with Crippen LogP contribution >= 0.6 is 15.9 Å². The van der Waals surface area contributed by atoms with Crippen molar-refractivity contribution in [1.29, 1.82) is 0 Å². The molecule has 0 saturated carbocycles. The highest BCUT2D eigenvalue weighted by Gasteiger charge is 2.37. The van der Waals surface area contributed by atoms with Crippen molar-refractivity contribution >= 4 is 51.5 Å². The minimum Gasteiger partial charge on any atom is -0.481 e. The van der Waals surface area contributed by atoms with Gasteiger partial charge < -0.3 is 9.47 Å². The van der Waals surface area contributed by atoms with E-state index >= 15 is 0 Å². The zero-order chi connectivity index (χ0) is 22.5. The Morgan fingerprint density at radius 1 is 1.13 bits per heavy atom. The van der Waals surface area contributed by atoms with Crippen molar-refractivity contribution in [2.75, 3.05) is 18.6 Å². The van der Waals surface area contributed by atoms with Crippen molar-refractivity contribution in [1.82, 2.24) is 5.32 Å². The van der Waals surface area contributed by atoms with Crippen LogP contribution in [0.5, 0.6) is 5.75 Å². The number of carbonyl (C=O) groups excluding carboxylic acids is 4. The highest BCUT2D eigenvalue weighted by molar-refractivity contribution is 9.10. The zero-order valence-corrected chi connectivity index (χ0v) is 18.4. The lowest BCUT2D eigenvalue weighted by Crippen LogP contribution is -2.54. The minimum atomic E-state index is -0.826. The number of hydrogen-bond donors (Lipinski definition) is 1. The van der Waals surface area contributed by atoms with Crippen molar-refractivity contribution in [3.05, 3.63) is 63.6 Å². The SMILES string of the molecule is CCc1ccc(N2C(=O)NC(=O)C(=Cc3cc(Br)ccc3OCC(=O)OC)C2=O)cc1.